The predicted octanol–water partition coefficient (Wildman–Crippen LogP) is 6.52. The summed E-state index contributed by atoms with van der Waals surface area (Å²) in [7, 11) is -0.803. The minimum atomic E-state index is -0.803. The van der Waals surface area contributed by atoms with E-state index in [1.165, 1.54) is 83.5 Å². The highest BCUT2D eigenvalue weighted by molar-refractivity contribution is 7.85. The Morgan fingerprint density at radius 3 is 1.64 bits per heavy atom. The summed E-state index contributed by atoms with van der Waals surface area (Å²) < 4.78 is 12.3. The molecule has 0 aromatic carbocycles. The quantitative estimate of drug-likeness (QED) is 0.313. The van der Waals surface area contributed by atoms with E-state index in [2.05, 4.69) is 6.92 Å². The molecule has 2 nitrogen and oxygen atoms in total. The molecule has 0 aliphatic heterocycles. The smallest absolute Gasteiger partial charge is 0.0683 e. The summed E-state index contributed by atoms with van der Waals surface area (Å²) >= 11 is 0. The SMILES string of the molecule is CCCCCCCCCCCCCCCC[S@](=O)[C@H]1CCCC[C@@H]1O. The largest absolute Gasteiger partial charge is 0.392 e. The zero-order valence-electron chi connectivity index (χ0n) is 16.9. The average molecular weight is 373 g/mol. The molecule has 1 aliphatic carbocycles. The van der Waals surface area contributed by atoms with Crippen LogP contribution >= 0.6 is 0 Å². The van der Waals surface area contributed by atoms with E-state index >= 15 is 0 Å². The molecule has 0 amide bonds. The molecule has 0 aromatic heterocycles. The van der Waals surface area contributed by atoms with Gasteiger partial charge in [0.1, 0.15) is 0 Å². The molecule has 0 saturated heterocycles. The lowest BCUT2D eigenvalue weighted by atomic mass is 9.97. The Hall–Kier alpha value is 0.110. The second kappa shape index (κ2) is 16.3. The van der Waals surface area contributed by atoms with E-state index in [9.17, 15) is 9.32 Å². The summed E-state index contributed by atoms with van der Waals surface area (Å²) in [6.45, 7) is 2.28. The molecule has 25 heavy (non-hydrogen) atoms. The van der Waals surface area contributed by atoms with Crippen molar-refractivity contribution in [3.8, 4) is 0 Å². The first kappa shape index (κ1) is 23.1. The van der Waals surface area contributed by atoms with Crippen LogP contribution in [-0.2, 0) is 10.8 Å². The Morgan fingerprint density at radius 2 is 1.16 bits per heavy atom. The van der Waals surface area contributed by atoms with Gasteiger partial charge in [0, 0.05) is 16.6 Å². The standard InChI is InChI=1S/C22H44O2S/c1-2-3-4-5-6-7-8-9-10-11-12-13-14-17-20-25(24)22-19-16-15-18-21(22)23/h21-23H,2-20H2,1H3/t21-,22-,25-/m0/s1. The summed E-state index contributed by atoms with van der Waals surface area (Å²) in [6.07, 6.45) is 22.8. The van der Waals surface area contributed by atoms with Crippen LogP contribution in [0.4, 0.5) is 0 Å². The monoisotopic (exact) mass is 372 g/mol. The van der Waals surface area contributed by atoms with Gasteiger partial charge in [-0.3, -0.25) is 4.21 Å². The van der Waals surface area contributed by atoms with Gasteiger partial charge in [0.15, 0.2) is 0 Å². The molecule has 1 saturated carbocycles. The van der Waals surface area contributed by atoms with Gasteiger partial charge in [-0.15, -0.1) is 0 Å². The molecule has 1 N–H and O–H groups in total. The van der Waals surface area contributed by atoms with Crippen molar-refractivity contribution in [3.05, 3.63) is 0 Å². The molecule has 150 valence electrons. The Morgan fingerprint density at radius 1 is 0.720 bits per heavy atom. The molecule has 0 bridgehead atoms. The summed E-state index contributed by atoms with van der Waals surface area (Å²) in [4.78, 5) is 0. The fourth-order valence-electron chi connectivity index (χ4n) is 3.97. The minimum absolute atomic E-state index is 0.0655. The molecule has 3 atom stereocenters. The van der Waals surface area contributed by atoms with Crippen LogP contribution in [-0.4, -0.2) is 26.4 Å². The van der Waals surface area contributed by atoms with E-state index in [0.29, 0.717) is 0 Å². The summed E-state index contributed by atoms with van der Waals surface area (Å²) in [5, 5.41) is 10.0. The summed E-state index contributed by atoms with van der Waals surface area (Å²) in [5.41, 5.74) is 0. The third kappa shape index (κ3) is 12.2. The molecule has 0 heterocycles. The number of unbranched alkanes of at least 4 members (excludes halogenated alkanes) is 13. The second-order valence-corrected chi connectivity index (χ2v) is 9.85. The van der Waals surface area contributed by atoms with Crippen LogP contribution in [0, 0.1) is 0 Å². The predicted molar refractivity (Wildman–Crippen MR) is 112 cm³/mol. The lowest BCUT2D eigenvalue weighted by Crippen LogP contribution is -2.34. The van der Waals surface area contributed by atoms with Crippen LogP contribution in [0.5, 0.6) is 0 Å². The highest BCUT2D eigenvalue weighted by Crippen LogP contribution is 2.23. The van der Waals surface area contributed by atoms with E-state index in [4.69, 9.17) is 0 Å². The number of hydrogen-bond donors (Lipinski definition) is 1. The lowest BCUT2D eigenvalue weighted by molar-refractivity contribution is 0.135. The maximum absolute atomic E-state index is 12.3. The van der Waals surface area contributed by atoms with Gasteiger partial charge >= 0.3 is 0 Å². The van der Waals surface area contributed by atoms with Gasteiger partial charge in [-0.25, -0.2) is 0 Å². The number of aliphatic hydroxyl groups is 1. The minimum Gasteiger partial charge on any atom is -0.392 e. The van der Waals surface area contributed by atoms with Crippen molar-refractivity contribution in [1.82, 2.24) is 0 Å². The number of rotatable bonds is 16. The summed E-state index contributed by atoms with van der Waals surface area (Å²) in [5.74, 6) is 0.805. The molecule has 0 aromatic rings. The Labute approximate surface area is 160 Å². The van der Waals surface area contributed by atoms with Gasteiger partial charge in [-0.1, -0.05) is 103 Å². The Kier molecular flexibility index (Phi) is 15.1. The van der Waals surface area contributed by atoms with Crippen molar-refractivity contribution in [2.24, 2.45) is 0 Å². The van der Waals surface area contributed by atoms with Crippen molar-refractivity contribution >= 4 is 10.8 Å². The first-order chi connectivity index (χ1) is 12.3. The van der Waals surface area contributed by atoms with Crippen molar-refractivity contribution in [2.75, 3.05) is 5.75 Å². The van der Waals surface area contributed by atoms with Gasteiger partial charge < -0.3 is 5.11 Å². The van der Waals surface area contributed by atoms with Gasteiger partial charge in [-0.2, -0.15) is 0 Å². The normalized spacial score (nSPS) is 22.2. The lowest BCUT2D eigenvalue weighted by Gasteiger charge is -2.26. The number of aliphatic hydroxyl groups excluding tert-OH is 1. The Balaban J connectivity index is 1.80. The van der Waals surface area contributed by atoms with Crippen LogP contribution in [0.1, 0.15) is 122 Å². The molecule has 3 heteroatoms. The van der Waals surface area contributed by atoms with Crippen molar-refractivity contribution in [2.45, 2.75) is 134 Å². The average Bonchev–Trinajstić information content (AvgIpc) is 2.62. The van der Waals surface area contributed by atoms with E-state index in [1.807, 2.05) is 0 Å². The molecule has 1 fully saturated rings. The van der Waals surface area contributed by atoms with Crippen molar-refractivity contribution in [3.63, 3.8) is 0 Å². The van der Waals surface area contributed by atoms with E-state index in [0.717, 1.165) is 37.9 Å². The van der Waals surface area contributed by atoms with Gasteiger partial charge in [-0.05, 0) is 19.3 Å². The molecule has 1 rings (SSSR count). The zero-order valence-corrected chi connectivity index (χ0v) is 17.7. The maximum atomic E-state index is 12.3. The van der Waals surface area contributed by atoms with E-state index in [-0.39, 0.29) is 11.4 Å². The van der Waals surface area contributed by atoms with Crippen molar-refractivity contribution in [1.29, 1.82) is 0 Å². The zero-order chi connectivity index (χ0) is 18.2. The van der Waals surface area contributed by atoms with Gasteiger partial charge in [0.2, 0.25) is 0 Å². The van der Waals surface area contributed by atoms with Crippen LogP contribution < -0.4 is 0 Å². The molecule has 0 radical (unpaired) electrons. The van der Waals surface area contributed by atoms with Crippen LogP contribution in [0.15, 0.2) is 0 Å². The maximum Gasteiger partial charge on any atom is 0.0683 e. The van der Waals surface area contributed by atoms with E-state index < -0.39 is 10.8 Å². The molecule has 0 unspecified atom stereocenters. The number of hydrogen-bond acceptors (Lipinski definition) is 2. The molecular formula is C22H44O2S. The van der Waals surface area contributed by atoms with Crippen molar-refractivity contribution < 1.29 is 9.32 Å². The first-order valence-corrected chi connectivity index (χ1v) is 12.7. The Bertz CT molecular complexity index is 319. The third-order valence-corrected chi connectivity index (χ3v) is 7.62. The highest BCUT2D eigenvalue weighted by Gasteiger charge is 2.27. The van der Waals surface area contributed by atoms with Gasteiger partial charge in [0.25, 0.3) is 0 Å². The highest BCUT2D eigenvalue weighted by atomic mass is 32.2. The third-order valence-electron chi connectivity index (χ3n) is 5.70. The summed E-state index contributed by atoms with van der Waals surface area (Å²) in [6, 6.07) is 0. The fourth-order valence-corrected chi connectivity index (χ4v) is 5.68. The second-order valence-electron chi connectivity index (χ2n) is 8.07. The fraction of sp³-hybridized carbons (Fsp3) is 1.00. The first-order valence-electron chi connectivity index (χ1n) is 11.3. The van der Waals surface area contributed by atoms with Crippen LogP contribution in [0.2, 0.25) is 0 Å². The van der Waals surface area contributed by atoms with Crippen LogP contribution in [0.25, 0.3) is 0 Å². The van der Waals surface area contributed by atoms with Crippen LogP contribution in [0.3, 0.4) is 0 Å². The van der Waals surface area contributed by atoms with Gasteiger partial charge in [0.05, 0.1) is 11.4 Å². The molecule has 0 spiro atoms. The van der Waals surface area contributed by atoms with E-state index in [1.54, 1.807) is 0 Å². The molecule has 1 aliphatic rings. The molecular weight excluding hydrogens is 328 g/mol. The topological polar surface area (TPSA) is 37.3 Å².